The van der Waals surface area contributed by atoms with E-state index < -0.39 is 14.8 Å². The molecular formula is C9H12N2O2S. The van der Waals surface area contributed by atoms with Crippen molar-refractivity contribution in [3.8, 4) is 0 Å². The van der Waals surface area contributed by atoms with Gasteiger partial charge in [-0.25, -0.2) is 13.4 Å². The molecule has 0 unspecified atom stereocenters. The van der Waals surface area contributed by atoms with Gasteiger partial charge in [-0.2, -0.15) is 0 Å². The first-order chi connectivity index (χ1) is 6.39. The lowest BCUT2D eigenvalue weighted by Gasteiger charge is -2.18. The Morgan fingerprint density at radius 2 is 2.07 bits per heavy atom. The van der Waals surface area contributed by atoms with E-state index >= 15 is 0 Å². The van der Waals surface area contributed by atoms with Gasteiger partial charge in [-0.1, -0.05) is 6.07 Å². The van der Waals surface area contributed by atoms with Crippen LogP contribution in [0.25, 0.3) is 0 Å². The van der Waals surface area contributed by atoms with E-state index in [4.69, 9.17) is 0 Å². The third-order valence-electron chi connectivity index (χ3n) is 2.74. The van der Waals surface area contributed by atoms with Crippen LogP contribution in [0.4, 0.5) is 5.82 Å². The highest BCUT2D eigenvalue weighted by Gasteiger charge is 2.48. The van der Waals surface area contributed by atoms with E-state index in [1.165, 1.54) is 11.4 Å². The lowest BCUT2D eigenvalue weighted by molar-refractivity contribution is 0.562. The second kappa shape index (κ2) is 2.48. The van der Waals surface area contributed by atoms with Crippen molar-refractivity contribution < 1.29 is 8.42 Å². The molecule has 2 rings (SSSR count). The van der Waals surface area contributed by atoms with Crippen molar-refractivity contribution in [1.29, 1.82) is 0 Å². The number of nitrogens with zero attached hydrogens (tertiary/aromatic N) is 2. The van der Waals surface area contributed by atoms with Crippen LogP contribution in [0.1, 0.15) is 19.4 Å². The van der Waals surface area contributed by atoms with Crippen LogP contribution in [-0.4, -0.2) is 20.4 Å². The summed E-state index contributed by atoms with van der Waals surface area (Å²) in [5, 5.41) is 0. The quantitative estimate of drug-likeness (QED) is 0.647. The maximum atomic E-state index is 12.0. The molecule has 1 aromatic heterocycles. The van der Waals surface area contributed by atoms with Crippen LogP contribution < -0.4 is 4.31 Å². The van der Waals surface area contributed by atoms with Gasteiger partial charge >= 0.3 is 0 Å². The van der Waals surface area contributed by atoms with Crippen LogP contribution in [0.15, 0.2) is 18.3 Å². The summed E-state index contributed by atoms with van der Waals surface area (Å²) in [5.74, 6) is 0.539. The Hall–Kier alpha value is -1.10. The van der Waals surface area contributed by atoms with Gasteiger partial charge in [0, 0.05) is 18.8 Å². The minimum absolute atomic E-state index is 0.539. The van der Waals surface area contributed by atoms with Gasteiger partial charge in [0.05, 0.1) is 0 Å². The van der Waals surface area contributed by atoms with Crippen LogP contribution in [-0.2, 0) is 14.8 Å². The molecule has 2 heterocycles. The lowest BCUT2D eigenvalue weighted by atomic mass is 10.0. The molecule has 0 fully saturated rings. The standard InChI is InChI=1S/C9H12N2O2S/c1-9(2)7-5-4-6-10-8(7)11(3)14(9,12)13/h4-6H,1-3H3. The molecule has 0 spiro atoms. The molecular weight excluding hydrogens is 200 g/mol. The number of sulfonamides is 1. The molecule has 0 N–H and O–H groups in total. The molecule has 0 aliphatic carbocycles. The maximum absolute atomic E-state index is 12.0. The molecule has 0 atom stereocenters. The van der Waals surface area contributed by atoms with Crippen molar-refractivity contribution in [3.05, 3.63) is 23.9 Å². The summed E-state index contributed by atoms with van der Waals surface area (Å²) in [6, 6.07) is 3.57. The van der Waals surface area contributed by atoms with E-state index in [2.05, 4.69) is 4.98 Å². The SMILES string of the molecule is CN1c2ncccc2C(C)(C)S1(=O)=O. The topological polar surface area (TPSA) is 50.3 Å². The Bertz CT molecular complexity index is 479. The number of hydrogen-bond acceptors (Lipinski definition) is 3. The monoisotopic (exact) mass is 212 g/mol. The first-order valence-corrected chi connectivity index (χ1v) is 5.77. The number of rotatable bonds is 0. The summed E-state index contributed by atoms with van der Waals surface area (Å²) in [6.45, 7) is 3.40. The largest absolute Gasteiger partial charge is 0.256 e. The van der Waals surface area contributed by atoms with Crippen molar-refractivity contribution in [2.75, 3.05) is 11.4 Å². The van der Waals surface area contributed by atoms with Gasteiger partial charge < -0.3 is 0 Å². The predicted octanol–water partition coefficient (Wildman–Crippen LogP) is 1.10. The third kappa shape index (κ3) is 0.877. The van der Waals surface area contributed by atoms with Gasteiger partial charge in [-0.3, -0.25) is 4.31 Å². The summed E-state index contributed by atoms with van der Waals surface area (Å²) in [7, 11) is -1.75. The van der Waals surface area contributed by atoms with Gasteiger partial charge in [-0.05, 0) is 19.9 Å². The van der Waals surface area contributed by atoms with Crippen LogP contribution in [0.5, 0.6) is 0 Å². The fraction of sp³-hybridized carbons (Fsp3) is 0.444. The molecule has 0 saturated carbocycles. The second-order valence-electron chi connectivity index (χ2n) is 3.86. The molecule has 5 heteroatoms. The van der Waals surface area contributed by atoms with E-state index in [9.17, 15) is 8.42 Å². The van der Waals surface area contributed by atoms with E-state index in [0.717, 1.165) is 5.56 Å². The zero-order valence-electron chi connectivity index (χ0n) is 8.35. The molecule has 1 aliphatic heterocycles. The highest BCUT2D eigenvalue weighted by atomic mass is 32.2. The summed E-state index contributed by atoms with van der Waals surface area (Å²) < 4.78 is 24.3. The lowest BCUT2D eigenvalue weighted by Crippen LogP contribution is -2.33. The smallest absolute Gasteiger partial charge is 0.245 e. The summed E-state index contributed by atoms with van der Waals surface area (Å²) in [4.78, 5) is 4.08. The van der Waals surface area contributed by atoms with Crippen LogP contribution in [0.3, 0.4) is 0 Å². The first kappa shape index (κ1) is 9.45. The van der Waals surface area contributed by atoms with Crippen molar-refractivity contribution in [3.63, 3.8) is 0 Å². The number of anilines is 1. The molecule has 0 radical (unpaired) electrons. The van der Waals surface area contributed by atoms with Gasteiger partial charge in [0.2, 0.25) is 10.0 Å². The average molecular weight is 212 g/mol. The highest BCUT2D eigenvalue weighted by molar-refractivity contribution is 7.94. The summed E-state index contributed by atoms with van der Waals surface area (Å²) >= 11 is 0. The molecule has 4 nitrogen and oxygen atoms in total. The highest BCUT2D eigenvalue weighted by Crippen LogP contribution is 2.44. The number of hydrogen-bond donors (Lipinski definition) is 0. The molecule has 14 heavy (non-hydrogen) atoms. The normalized spacial score (nSPS) is 22.1. The van der Waals surface area contributed by atoms with Gasteiger partial charge in [0.15, 0.2) is 0 Å². The fourth-order valence-electron chi connectivity index (χ4n) is 1.71. The Kier molecular flexibility index (Phi) is 1.67. The van der Waals surface area contributed by atoms with Crippen molar-refractivity contribution in [2.24, 2.45) is 0 Å². The first-order valence-electron chi connectivity index (χ1n) is 4.33. The van der Waals surface area contributed by atoms with Crippen molar-refractivity contribution in [1.82, 2.24) is 4.98 Å². The van der Waals surface area contributed by atoms with Gasteiger partial charge in [0.1, 0.15) is 10.6 Å². The summed E-state index contributed by atoms with van der Waals surface area (Å²) in [5.41, 5.74) is 0.766. The van der Waals surface area contributed by atoms with Crippen LogP contribution in [0.2, 0.25) is 0 Å². The molecule has 1 aliphatic rings. The molecule has 1 aromatic rings. The zero-order chi connectivity index (χ0) is 10.6. The van der Waals surface area contributed by atoms with Crippen LogP contribution in [0, 0.1) is 0 Å². The molecule has 0 amide bonds. The van der Waals surface area contributed by atoms with E-state index in [0.29, 0.717) is 5.82 Å². The molecule has 76 valence electrons. The predicted molar refractivity (Wildman–Crippen MR) is 54.6 cm³/mol. The molecule has 0 saturated heterocycles. The average Bonchev–Trinajstić information content (AvgIpc) is 2.27. The van der Waals surface area contributed by atoms with Gasteiger partial charge in [-0.15, -0.1) is 0 Å². The van der Waals surface area contributed by atoms with E-state index in [1.54, 1.807) is 26.1 Å². The Labute approximate surface area is 83.6 Å². The summed E-state index contributed by atoms with van der Waals surface area (Å²) in [6.07, 6.45) is 1.60. The van der Waals surface area contributed by atoms with E-state index in [-0.39, 0.29) is 0 Å². The maximum Gasteiger partial charge on any atom is 0.245 e. The molecule has 0 aromatic carbocycles. The Morgan fingerprint density at radius 1 is 1.43 bits per heavy atom. The second-order valence-corrected chi connectivity index (χ2v) is 6.38. The van der Waals surface area contributed by atoms with Crippen LogP contribution >= 0.6 is 0 Å². The fourth-order valence-corrected chi connectivity index (χ4v) is 3.21. The Balaban J connectivity index is 2.81. The number of aromatic nitrogens is 1. The molecule has 0 bridgehead atoms. The minimum atomic E-state index is -3.29. The zero-order valence-corrected chi connectivity index (χ0v) is 9.17. The van der Waals surface area contributed by atoms with Crippen molar-refractivity contribution >= 4 is 15.8 Å². The number of pyridine rings is 1. The van der Waals surface area contributed by atoms with Crippen molar-refractivity contribution in [2.45, 2.75) is 18.6 Å². The minimum Gasteiger partial charge on any atom is -0.256 e. The van der Waals surface area contributed by atoms with E-state index in [1.807, 2.05) is 6.07 Å². The Morgan fingerprint density at radius 3 is 2.64 bits per heavy atom. The third-order valence-corrected chi connectivity index (χ3v) is 5.14. The number of fused-ring (bicyclic) bond motifs is 1. The van der Waals surface area contributed by atoms with Gasteiger partial charge in [0.25, 0.3) is 0 Å².